The van der Waals surface area contributed by atoms with Crippen LogP contribution < -0.4 is 5.32 Å². The number of hydrogen-bond acceptors (Lipinski definition) is 5. The first-order chi connectivity index (χ1) is 14.6. The summed E-state index contributed by atoms with van der Waals surface area (Å²) in [5, 5.41) is 11.2. The van der Waals surface area contributed by atoms with E-state index in [1.54, 1.807) is 11.8 Å². The molecule has 8 heteroatoms. The third-order valence-corrected chi connectivity index (χ3v) is 6.25. The number of nitrogens with one attached hydrogen (secondary N) is 2. The molecule has 3 aromatic rings. The van der Waals surface area contributed by atoms with Gasteiger partial charge in [0, 0.05) is 22.9 Å². The van der Waals surface area contributed by atoms with Crippen LogP contribution in [0.25, 0.3) is 0 Å². The van der Waals surface area contributed by atoms with E-state index in [4.69, 9.17) is 11.6 Å². The number of nitrogens with zero attached hydrogens (tertiary/aromatic N) is 3. The molecule has 0 aliphatic heterocycles. The SMILES string of the molecule is CCN(CC)C(CNC(=O)c1ccc(CSc2ncn[nH]2)cc1)c1ccccc1Cl. The first-order valence-electron chi connectivity index (χ1n) is 9.96. The highest BCUT2D eigenvalue weighted by atomic mass is 35.5. The fourth-order valence-corrected chi connectivity index (χ4v) is 4.30. The molecule has 0 spiro atoms. The molecule has 0 fully saturated rings. The van der Waals surface area contributed by atoms with Crippen LogP contribution in [0, 0.1) is 0 Å². The predicted molar refractivity (Wildman–Crippen MR) is 122 cm³/mol. The lowest BCUT2D eigenvalue weighted by atomic mass is 10.0. The van der Waals surface area contributed by atoms with Crippen molar-refractivity contribution in [3.05, 3.63) is 76.6 Å². The number of aromatic nitrogens is 3. The highest BCUT2D eigenvalue weighted by molar-refractivity contribution is 7.98. The number of carbonyl (C=O) groups is 1. The van der Waals surface area contributed by atoms with Gasteiger partial charge in [0.1, 0.15) is 6.33 Å². The number of hydrogen-bond donors (Lipinski definition) is 2. The van der Waals surface area contributed by atoms with E-state index in [2.05, 4.69) is 39.2 Å². The molecular formula is C22H26ClN5OS. The summed E-state index contributed by atoms with van der Waals surface area (Å²) in [6, 6.07) is 15.5. The minimum absolute atomic E-state index is 0.0234. The van der Waals surface area contributed by atoms with Crippen molar-refractivity contribution in [3.63, 3.8) is 0 Å². The number of rotatable bonds is 10. The van der Waals surface area contributed by atoms with Gasteiger partial charge in [-0.15, -0.1) is 0 Å². The van der Waals surface area contributed by atoms with Crippen LogP contribution in [0.2, 0.25) is 5.02 Å². The van der Waals surface area contributed by atoms with Crippen LogP contribution in [0.5, 0.6) is 0 Å². The van der Waals surface area contributed by atoms with Crippen LogP contribution in [-0.2, 0) is 5.75 Å². The lowest BCUT2D eigenvalue weighted by molar-refractivity contribution is 0.0935. The van der Waals surface area contributed by atoms with Crippen molar-refractivity contribution in [2.24, 2.45) is 0 Å². The molecule has 0 aliphatic rings. The molecule has 0 bridgehead atoms. The number of amides is 1. The summed E-state index contributed by atoms with van der Waals surface area (Å²) in [4.78, 5) is 19.1. The largest absolute Gasteiger partial charge is 0.350 e. The number of aromatic amines is 1. The number of halogens is 1. The normalized spacial score (nSPS) is 12.1. The molecule has 3 rings (SSSR count). The molecule has 1 atom stereocenters. The van der Waals surface area contributed by atoms with Gasteiger partial charge in [-0.05, 0) is 42.4 Å². The number of thioether (sulfide) groups is 1. The minimum Gasteiger partial charge on any atom is -0.350 e. The lowest BCUT2D eigenvalue weighted by Crippen LogP contribution is -2.38. The summed E-state index contributed by atoms with van der Waals surface area (Å²) in [6.45, 7) is 6.47. The Bertz CT molecular complexity index is 929. The van der Waals surface area contributed by atoms with Crippen LogP contribution in [0.1, 0.15) is 41.4 Å². The Kier molecular flexibility index (Phi) is 8.30. The summed E-state index contributed by atoms with van der Waals surface area (Å²) >= 11 is 8.01. The summed E-state index contributed by atoms with van der Waals surface area (Å²) in [7, 11) is 0. The number of H-pyrrole nitrogens is 1. The average molecular weight is 444 g/mol. The van der Waals surface area contributed by atoms with E-state index in [1.165, 1.54) is 6.33 Å². The second kappa shape index (κ2) is 11.2. The highest BCUT2D eigenvalue weighted by Gasteiger charge is 2.21. The third kappa shape index (κ3) is 5.84. The molecule has 2 N–H and O–H groups in total. The topological polar surface area (TPSA) is 73.9 Å². The molecule has 0 aliphatic carbocycles. The molecule has 2 aromatic carbocycles. The summed E-state index contributed by atoms with van der Waals surface area (Å²) in [5.74, 6) is 0.668. The van der Waals surface area contributed by atoms with Crippen molar-refractivity contribution < 1.29 is 4.79 Å². The van der Waals surface area contributed by atoms with Gasteiger partial charge in [-0.2, -0.15) is 5.10 Å². The van der Waals surface area contributed by atoms with Crippen LogP contribution >= 0.6 is 23.4 Å². The molecule has 1 aromatic heterocycles. The Balaban J connectivity index is 1.62. The van der Waals surface area contributed by atoms with Crippen molar-refractivity contribution in [3.8, 4) is 0 Å². The Morgan fingerprint density at radius 1 is 1.17 bits per heavy atom. The summed E-state index contributed by atoms with van der Waals surface area (Å²) in [6.07, 6.45) is 1.49. The fourth-order valence-electron chi connectivity index (χ4n) is 3.30. The van der Waals surface area contributed by atoms with Crippen molar-refractivity contribution in [2.45, 2.75) is 30.8 Å². The van der Waals surface area contributed by atoms with E-state index >= 15 is 0 Å². The Labute approximate surface area is 186 Å². The first kappa shape index (κ1) is 22.3. The van der Waals surface area contributed by atoms with Crippen LogP contribution in [0.4, 0.5) is 0 Å². The van der Waals surface area contributed by atoms with Gasteiger partial charge in [0.25, 0.3) is 5.91 Å². The molecule has 0 saturated carbocycles. The zero-order chi connectivity index (χ0) is 21.3. The second-order valence-electron chi connectivity index (χ2n) is 6.74. The van der Waals surface area contributed by atoms with Gasteiger partial charge in [-0.1, -0.05) is 67.5 Å². The van der Waals surface area contributed by atoms with Crippen molar-refractivity contribution >= 4 is 29.3 Å². The number of carbonyl (C=O) groups excluding carboxylic acids is 1. The molecule has 1 heterocycles. The predicted octanol–water partition coefficient (Wildman–Crippen LogP) is 4.56. The zero-order valence-corrected chi connectivity index (χ0v) is 18.7. The van der Waals surface area contributed by atoms with E-state index in [0.717, 1.165) is 40.1 Å². The summed E-state index contributed by atoms with van der Waals surface area (Å²) in [5.41, 5.74) is 2.79. The smallest absolute Gasteiger partial charge is 0.251 e. The van der Waals surface area contributed by atoms with Crippen molar-refractivity contribution in [1.29, 1.82) is 0 Å². The molecule has 1 amide bonds. The molecular weight excluding hydrogens is 418 g/mol. The van der Waals surface area contributed by atoms with Gasteiger partial charge in [0.05, 0.1) is 6.04 Å². The van der Waals surface area contributed by atoms with E-state index in [0.29, 0.717) is 12.1 Å². The highest BCUT2D eigenvalue weighted by Crippen LogP contribution is 2.27. The number of benzene rings is 2. The maximum atomic E-state index is 12.7. The Morgan fingerprint density at radius 2 is 1.90 bits per heavy atom. The van der Waals surface area contributed by atoms with Gasteiger partial charge < -0.3 is 5.32 Å². The average Bonchev–Trinajstić information content (AvgIpc) is 3.30. The molecule has 0 radical (unpaired) electrons. The minimum atomic E-state index is -0.0892. The maximum Gasteiger partial charge on any atom is 0.251 e. The van der Waals surface area contributed by atoms with Crippen molar-refractivity contribution in [1.82, 2.24) is 25.4 Å². The van der Waals surface area contributed by atoms with E-state index < -0.39 is 0 Å². The van der Waals surface area contributed by atoms with E-state index in [-0.39, 0.29) is 11.9 Å². The van der Waals surface area contributed by atoms with Gasteiger partial charge in [0.15, 0.2) is 5.16 Å². The number of likely N-dealkylation sites (N-methyl/N-ethyl adjacent to an activating group) is 1. The molecule has 30 heavy (non-hydrogen) atoms. The van der Waals surface area contributed by atoms with Crippen LogP contribution in [0.15, 0.2) is 60.0 Å². The quantitative estimate of drug-likeness (QED) is 0.449. The first-order valence-corrected chi connectivity index (χ1v) is 11.3. The standard InChI is InChI=1S/C22H26ClN5OS/c1-3-28(4-2)20(18-7-5-6-8-19(18)23)13-24-21(29)17-11-9-16(10-12-17)14-30-22-25-15-26-27-22/h5-12,15,20H,3-4,13-14H2,1-2H3,(H,24,29)(H,25,26,27). The second-order valence-corrected chi connectivity index (χ2v) is 8.12. The molecule has 0 saturated heterocycles. The molecule has 1 unspecified atom stereocenters. The van der Waals surface area contributed by atoms with E-state index in [9.17, 15) is 4.79 Å². The van der Waals surface area contributed by atoms with Gasteiger partial charge in [-0.3, -0.25) is 14.8 Å². The third-order valence-electron chi connectivity index (χ3n) is 4.96. The van der Waals surface area contributed by atoms with Crippen LogP contribution in [-0.4, -0.2) is 45.6 Å². The maximum absolute atomic E-state index is 12.7. The van der Waals surface area contributed by atoms with Gasteiger partial charge >= 0.3 is 0 Å². The van der Waals surface area contributed by atoms with Gasteiger partial charge in [-0.25, -0.2) is 4.98 Å². The van der Waals surface area contributed by atoms with E-state index in [1.807, 2.05) is 48.5 Å². The molecule has 158 valence electrons. The zero-order valence-electron chi connectivity index (χ0n) is 17.1. The van der Waals surface area contributed by atoms with Crippen molar-refractivity contribution in [2.75, 3.05) is 19.6 Å². The van der Waals surface area contributed by atoms with Gasteiger partial charge in [0.2, 0.25) is 0 Å². The molecule has 6 nitrogen and oxygen atoms in total. The Hall–Kier alpha value is -2.35. The lowest BCUT2D eigenvalue weighted by Gasteiger charge is -2.31. The monoisotopic (exact) mass is 443 g/mol. The fraction of sp³-hybridized carbons (Fsp3) is 0.318. The van der Waals surface area contributed by atoms with Crippen LogP contribution in [0.3, 0.4) is 0 Å². The Morgan fingerprint density at radius 3 is 2.53 bits per heavy atom. The summed E-state index contributed by atoms with van der Waals surface area (Å²) < 4.78 is 0.